The largest absolute Gasteiger partial charge is 0.493 e. The first-order chi connectivity index (χ1) is 11.6. The van der Waals surface area contributed by atoms with E-state index in [2.05, 4.69) is 9.97 Å². The van der Waals surface area contributed by atoms with E-state index in [1.165, 1.54) is 7.11 Å². The first-order valence-electron chi connectivity index (χ1n) is 7.71. The minimum Gasteiger partial charge on any atom is -0.493 e. The molecule has 0 aliphatic carbocycles. The molecule has 0 spiro atoms. The van der Waals surface area contributed by atoms with Crippen LogP contribution in [0.15, 0.2) is 42.9 Å². The molecule has 24 heavy (non-hydrogen) atoms. The molecule has 1 aliphatic heterocycles. The number of hydrogen-bond acceptors (Lipinski definition) is 6. The number of anilines is 1. The molecular weight excluding hydrogens is 310 g/mol. The molecule has 0 radical (unpaired) electrons. The van der Waals surface area contributed by atoms with Crippen molar-refractivity contribution in [2.75, 3.05) is 25.1 Å². The number of carboxylic acid groups (broad SMARTS) is 1. The van der Waals surface area contributed by atoms with Crippen molar-refractivity contribution in [2.45, 2.75) is 18.4 Å². The number of nitrogens with zero attached hydrogens (tertiary/aromatic N) is 3. The number of methoxy groups -OCH3 is 1. The average Bonchev–Trinajstić information content (AvgIpc) is 2.63. The summed E-state index contributed by atoms with van der Waals surface area (Å²) < 4.78 is 11.2. The van der Waals surface area contributed by atoms with Crippen LogP contribution in [-0.2, 0) is 4.79 Å². The lowest BCUT2D eigenvalue weighted by Crippen LogP contribution is -2.53. The molecule has 1 saturated heterocycles. The molecule has 1 fully saturated rings. The van der Waals surface area contributed by atoms with Crippen molar-refractivity contribution < 1.29 is 19.4 Å². The molecule has 1 aromatic carbocycles. The molecule has 0 bridgehead atoms. The molecule has 1 N–H and O–H groups in total. The average molecular weight is 329 g/mol. The summed E-state index contributed by atoms with van der Waals surface area (Å²) in [6.07, 6.45) is 5.60. The van der Waals surface area contributed by atoms with Gasteiger partial charge in [0.05, 0.1) is 13.3 Å². The van der Waals surface area contributed by atoms with Crippen LogP contribution in [0.2, 0.25) is 0 Å². The molecule has 0 amide bonds. The van der Waals surface area contributed by atoms with E-state index < -0.39 is 11.6 Å². The Bertz CT molecular complexity index is 700. The highest BCUT2D eigenvalue weighted by molar-refractivity contribution is 5.78. The summed E-state index contributed by atoms with van der Waals surface area (Å²) in [5.74, 6) is 0.741. The van der Waals surface area contributed by atoms with Gasteiger partial charge in [0.15, 0.2) is 11.5 Å². The normalized spacial score (nSPS) is 16.5. The lowest BCUT2D eigenvalue weighted by atomic mass is 9.91. The van der Waals surface area contributed by atoms with E-state index in [0.29, 0.717) is 37.4 Å². The Balaban J connectivity index is 1.78. The van der Waals surface area contributed by atoms with Crippen LogP contribution >= 0.6 is 0 Å². The fourth-order valence-corrected chi connectivity index (χ4v) is 2.82. The van der Waals surface area contributed by atoms with Crippen molar-refractivity contribution in [2.24, 2.45) is 0 Å². The lowest BCUT2D eigenvalue weighted by molar-refractivity contribution is -0.157. The van der Waals surface area contributed by atoms with Gasteiger partial charge in [0, 0.05) is 38.3 Å². The second kappa shape index (κ2) is 6.74. The summed E-state index contributed by atoms with van der Waals surface area (Å²) in [6.45, 7) is 1.06. The summed E-state index contributed by atoms with van der Waals surface area (Å²) in [6, 6.07) is 7.08. The van der Waals surface area contributed by atoms with Crippen LogP contribution in [0.3, 0.4) is 0 Å². The number of para-hydroxylation sites is 2. The van der Waals surface area contributed by atoms with Crippen molar-refractivity contribution in [3.8, 4) is 11.5 Å². The molecular formula is C17H19N3O4. The highest BCUT2D eigenvalue weighted by Gasteiger charge is 2.44. The molecule has 3 rings (SSSR count). The summed E-state index contributed by atoms with van der Waals surface area (Å²) in [4.78, 5) is 22.2. The SMILES string of the molecule is COc1ccccc1OC1(C(=O)O)CCN(c2cnccn2)CC1. The molecule has 0 saturated carbocycles. The van der Waals surface area contributed by atoms with E-state index >= 15 is 0 Å². The number of carbonyl (C=O) groups is 1. The minimum atomic E-state index is -1.27. The first-order valence-corrected chi connectivity index (χ1v) is 7.71. The molecule has 7 heteroatoms. The van der Waals surface area contributed by atoms with E-state index in [9.17, 15) is 9.90 Å². The smallest absolute Gasteiger partial charge is 0.348 e. The number of ether oxygens (including phenoxy) is 2. The number of piperidine rings is 1. The van der Waals surface area contributed by atoms with E-state index in [-0.39, 0.29) is 0 Å². The fourth-order valence-electron chi connectivity index (χ4n) is 2.82. The molecule has 2 heterocycles. The topological polar surface area (TPSA) is 84.8 Å². The van der Waals surface area contributed by atoms with Gasteiger partial charge >= 0.3 is 5.97 Å². The maximum Gasteiger partial charge on any atom is 0.348 e. The van der Waals surface area contributed by atoms with E-state index in [1.807, 2.05) is 11.0 Å². The Labute approximate surface area is 139 Å². The minimum absolute atomic E-state index is 0.344. The van der Waals surface area contributed by atoms with Crippen molar-refractivity contribution in [1.82, 2.24) is 9.97 Å². The van der Waals surface area contributed by atoms with Crippen molar-refractivity contribution in [1.29, 1.82) is 0 Å². The highest BCUT2D eigenvalue weighted by atomic mass is 16.5. The molecule has 0 unspecified atom stereocenters. The van der Waals surface area contributed by atoms with Crippen LogP contribution in [0.25, 0.3) is 0 Å². The quantitative estimate of drug-likeness (QED) is 0.898. The van der Waals surface area contributed by atoms with Crippen molar-refractivity contribution in [3.63, 3.8) is 0 Å². The maximum absolute atomic E-state index is 11.9. The van der Waals surface area contributed by atoms with Crippen molar-refractivity contribution >= 4 is 11.8 Å². The van der Waals surface area contributed by atoms with Crippen LogP contribution in [0.1, 0.15) is 12.8 Å². The van der Waals surface area contributed by atoms with Gasteiger partial charge in [-0.3, -0.25) is 4.98 Å². The lowest BCUT2D eigenvalue weighted by Gasteiger charge is -2.39. The zero-order valence-corrected chi connectivity index (χ0v) is 13.4. The molecule has 0 atom stereocenters. The third kappa shape index (κ3) is 3.10. The second-order valence-corrected chi connectivity index (χ2v) is 5.60. The first kappa shape index (κ1) is 16.0. The second-order valence-electron chi connectivity index (χ2n) is 5.60. The number of hydrogen-bond donors (Lipinski definition) is 1. The van der Waals surface area contributed by atoms with Gasteiger partial charge in [0.2, 0.25) is 5.60 Å². The van der Waals surface area contributed by atoms with Gasteiger partial charge in [-0.2, -0.15) is 0 Å². The Morgan fingerprint density at radius 1 is 1.21 bits per heavy atom. The monoisotopic (exact) mass is 329 g/mol. The van der Waals surface area contributed by atoms with Crippen LogP contribution in [-0.4, -0.2) is 46.8 Å². The molecule has 1 aliphatic rings. The summed E-state index contributed by atoms with van der Waals surface area (Å²) in [5.41, 5.74) is -1.27. The summed E-state index contributed by atoms with van der Waals surface area (Å²) in [7, 11) is 1.53. The van der Waals surface area contributed by atoms with Gasteiger partial charge in [0.25, 0.3) is 0 Å². The molecule has 7 nitrogen and oxygen atoms in total. The predicted octanol–water partition coefficient (Wildman–Crippen LogP) is 1.99. The van der Waals surface area contributed by atoms with E-state index in [0.717, 1.165) is 5.82 Å². The van der Waals surface area contributed by atoms with Gasteiger partial charge in [-0.1, -0.05) is 12.1 Å². The maximum atomic E-state index is 11.9. The summed E-state index contributed by atoms with van der Waals surface area (Å²) >= 11 is 0. The number of carboxylic acids is 1. The van der Waals surface area contributed by atoms with E-state index in [4.69, 9.17) is 9.47 Å². The molecule has 126 valence electrons. The fraction of sp³-hybridized carbons (Fsp3) is 0.353. The van der Waals surface area contributed by atoms with Gasteiger partial charge in [-0.05, 0) is 12.1 Å². The molecule has 2 aromatic rings. The third-order valence-corrected chi connectivity index (χ3v) is 4.21. The van der Waals surface area contributed by atoms with E-state index in [1.54, 1.807) is 36.8 Å². The van der Waals surface area contributed by atoms with Gasteiger partial charge in [-0.25, -0.2) is 9.78 Å². The van der Waals surface area contributed by atoms with Crippen LogP contribution in [0, 0.1) is 0 Å². The van der Waals surface area contributed by atoms with Gasteiger partial charge < -0.3 is 19.5 Å². The van der Waals surface area contributed by atoms with Gasteiger partial charge in [-0.15, -0.1) is 0 Å². The molecule has 1 aromatic heterocycles. The standard InChI is InChI=1S/C17H19N3O4/c1-23-13-4-2-3-5-14(13)24-17(16(21)22)6-10-20(11-7-17)15-12-18-8-9-19-15/h2-5,8-9,12H,6-7,10-11H2,1H3,(H,21,22). The number of aliphatic carboxylic acids is 1. The Morgan fingerprint density at radius 2 is 1.92 bits per heavy atom. The number of rotatable bonds is 5. The van der Waals surface area contributed by atoms with Crippen LogP contribution in [0.5, 0.6) is 11.5 Å². The predicted molar refractivity (Wildman–Crippen MR) is 87.5 cm³/mol. The zero-order valence-electron chi connectivity index (χ0n) is 13.4. The zero-order chi connectivity index (χ0) is 17.0. The van der Waals surface area contributed by atoms with Crippen LogP contribution < -0.4 is 14.4 Å². The Kier molecular flexibility index (Phi) is 4.50. The van der Waals surface area contributed by atoms with Gasteiger partial charge in [0.1, 0.15) is 5.82 Å². The number of benzene rings is 1. The number of aromatic nitrogens is 2. The van der Waals surface area contributed by atoms with Crippen LogP contribution in [0.4, 0.5) is 5.82 Å². The summed E-state index contributed by atoms with van der Waals surface area (Å²) in [5, 5.41) is 9.76. The third-order valence-electron chi connectivity index (χ3n) is 4.21. The Morgan fingerprint density at radius 3 is 2.50 bits per heavy atom. The Hall–Kier alpha value is -2.83. The van der Waals surface area contributed by atoms with Crippen molar-refractivity contribution in [3.05, 3.63) is 42.9 Å². The highest BCUT2D eigenvalue weighted by Crippen LogP contribution is 2.35.